The van der Waals surface area contributed by atoms with Gasteiger partial charge in [-0.25, -0.2) is 0 Å². The SMILES string of the molecule is CN(C)C(=O)c1cccc(CN2C(=O)[C@]3(C[C@H]3c3ccc(Cl)cc3)c3ccccc32)c1. The lowest BCUT2D eigenvalue weighted by atomic mass is 9.92. The zero-order valence-electron chi connectivity index (χ0n) is 17.5. The number of hydrogen-bond donors (Lipinski definition) is 0. The molecular formula is C26H23ClN2O2. The Labute approximate surface area is 187 Å². The van der Waals surface area contributed by atoms with Crippen molar-refractivity contribution in [3.8, 4) is 0 Å². The highest BCUT2D eigenvalue weighted by atomic mass is 35.5. The number of halogens is 1. The Balaban J connectivity index is 1.48. The van der Waals surface area contributed by atoms with Gasteiger partial charge >= 0.3 is 0 Å². The number of carbonyl (C=O) groups is 2. The molecule has 5 rings (SSSR count). The second kappa shape index (κ2) is 7.24. The smallest absolute Gasteiger partial charge is 0.253 e. The van der Waals surface area contributed by atoms with Crippen LogP contribution in [-0.2, 0) is 16.8 Å². The first-order valence-electron chi connectivity index (χ1n) is 10.4. The van der Waals surface area contributed by atoms with Crippen molar-refractivity contribution in [2.45, 2.75) is 24.3 Å². The fourth-order valence-corrected chi connectivity index (χ4v) is 4.97. The van der Waals surface area contributed by atoms with E-state index in [-0.39, 0.29) is 17.7 Å². The molecule has 2 atom stereocenters. The van der Waals surface area contributed by atoms with Gasteiger partial charge in [0.05, 0.1) is 12.0 Å². The molecule has 31 heavy (non-hydrogen) atoms. The van der Waals surface area contributed by atoms with Crippen LogP contribution in [0.4, 0.5) is 5.69 Å². The third kappa shape index (κ3) is 3.14. The zero-order chi connectivity index (χ0) is 21.8. The van der Waals surface area contributed by atoms with Crippen molar-refractivity contribution >= 4 is 29.1 Å². The molecule has 156 valence electrons. The van der Waals surface area contributed by atoms with Crippen molar-refractivity contribution in [2.75, 3.05) is 19.0 Å². The molecule has 1 fully saturated rings. The van der Waals surface area contributed by atoms with Gasteiger partial charge in [-0.1, -0.05) is 54.1 Å². The summed E-state index contributed by atoms with van der Waals surface area (Å²) >= 11 is 6.06. The molecule has 0 N–H and O–H groups in total. The Morgan fingerprint density at radius 1 is 1.06 bits per heavy atom. The van der Waals surface area contributed by atoms with Crippen molar-refractivity contribution < 1.29 is 9.59 Å². The molecule has 4 nitrogen and oxygen atoms in total. The summed E-state index contributed by atoms with van der Waals surface area (Å²) in [6.45, 7) is 0.444. The van der Waals surface area contributed by atoms with Crippen molar-refractivity contribution in [2.24, 2.45) is 0 Å². The monoisotopic (exact) mass is 430 g/mol. The van der Waals surface area contributed by atoms with Crippen LogP contribution < -0.4 is 4.90 Å². The van der Waals surface area contributed by atoms with E-state index in [0.29, 0.717) is 17.1 Å². The van der Waals surface area contributed by atoms with E-state index in [9.17, 15) is 9.59 Å². The molecule has 0 aromatic heterocycles. The fourth-order valence-electron chi connectivity index (χ4n) is 4.85. The second-order valence-corrected chi connectivity index (χ2v) is 9.02. The van der Waals surface area contributed by atoms with Crippen LogP contribution in [0.5, 0.6) is 0 Å². The molecule has 2 amide bonds. The van der Waals surface area contributed by atoms with Crippen molar-refractivity contribution in [3.05, 3.63) is 100 Å². The van der Waals surface area contributed by atoms with E-state index in [1.807, 2.05) is 71.6 Å². The number of fused-ring (bicyclic) bond motifs is 2. The Kier molecular flexibility index (Phi) is 4.63. The van der Waals surface area contributed by atoms with E-state index in [4.69, 9.17) is 11.6 Å². The maximum atomic E-state index is 13.8. The van der Waals surface area contributed by atoms with Gasteiger partial charge in [0.15, 0.2) is 0 Å². The summed E-state index contributed by atoms with van der Waals surface area (Å²) in [5.74, 6) is 0.250. The summed E-state index contributed by atoms with van der Waals surface area (Å²) in [5.41, 5.74) is 4.28. The molecule has 0 radical (unpaired) electrons. The molecule has 1 saturated carbocycles. The highest BCUT2D eigenvalue weighted by Crippen LogP contribution is 2.66. The summed E-state index contributed by atoms with van der Waals surface area (Å²) in [6.07, 6.45) is 0.806. The molecule has 1 aliphatic carbocycles. The van der Waals surface area contributed by atoms with Gasteiger partial charge in [-0.15, -0.1) is 0 Å². The maximum absolute atomic E-state index is 13.8. The number of hydrogen-bond acceptors (Lipinski definition) is 2. The van der Waals surface area contributed by atoms with Gasteiger partial charge in [0.1, 0.15) is 0 Å². The number of benzene rings is 3. The summed E-state index contributed by atoms with van der Waals surface area (Å²) < 4.78 is 0. The minimum Gasteiger partial charge on any atom is -0.345 e. The molecule has 5 heteroatoms. The van der Waals surface area contributed by atoms with Gasteiger partial charge in [0.2, 0.25) is 5.91 Å². The number of amides is 2. The minimum absolute atomic E-state index is 0.0449. The third-order valence-electron chi connectivity index (χ3n) is 6.46. The van der Waals surface area contributed by atoms with E-state index < -0.39 is 5.41 Å². The van der Waals surface area contributed by atoms with Gasteiger partial charge in [0.25, 0.3) is 5.91 Å². The average Bonchev–Trinajstić information content (AvgIpc) is 3.49. The first-order valence-corrected chi connectivity index (χ1v) is 10.8. The van der Waals surface area contributed by atoms with Crippen LogP contribution in [0.3, 0.4) is 0 Å². The lowest BCUT2D eigenvalue weighted by Gasteiger charge is -2.19. The van der Waals surface area contributed by atoms with Crippen LogP contribution >= 0.6 is 11.6 Å². The van der Waals surface area contributed by atoms with Crippen LogP contribution in [0.2, 0.25) is 5.02 Å². The Morgan fingerprint density at radius 2 is 1.81 bits per heavy atom. The number of para-hydroxylation sites is 1. The average molecular weight is 431 g/mol. The normalized spacial score (nSPS) is 21.3. The highest BCUT2D eigenvalue weighted by molar-refractivity contribution is 6.30. The maximum Gasteiger partial charge on any atom is 0.253 e. The van der Waals surface area contributed by atoms with Crippen LogP contribution in [0.25, 0.3) is 0 Å². The highest BCUT2D eigenvalue weighted by Gasteiger charge is 2.66. The molecule has 0 saturated heterocycles. The van der Waals surface area contributed by atoms with Crippen molar-refractivity contribution in [1.82, 2.24) is 4.90 Å². The largest absolute Gasteiger partial charge is 0.345 e. The number of carbonyl (C=O) groups excluding carboxylic acids is 2. The van der Waals surface area contributed by atoms with Gasteiger partial charge in [-0.3, -0.25) is 9.59 Å². The molecule has 3 aromatic rings. The lowest BCUT2D eigenvalue weighted by molar-refractivity contribution is -0.120. The Hall–Kier alpha value is -3.11. The lowest BCUT2D eigenvalue weighted by Crippen LogP contribution is -2.32. The Bertz CT molecular complexity index is 1190. The molecule has 0 bridgehead atoms. The summed E-state index contributed by atoms with van der Waals surface area (Å²) in [6, 6.07) is 23.4. The molecule has 3 aromatic carbocycles. The molecule has 1 spiro atoms. The summed E-state index contributed by atoms with van der Waals surface area (Å²) in [5, 5.41) is 0.699. The van der Waals surface area contributed by atoms with Gasteiger partial charge < -0.3 is 9.80 Å². The topological polar surface area (TPSA) is 40.6 Å². The molecular weight excluding hydrogens is 408 g/mol. The molecule has 2 aliphatic rings. The second-order valence-electron chi connectivity index (χ2n) is 8.59. The first kappa shape index (κ1) is 19.8. The van der Waals surface area contributed by atoms with Crippen molar-refractivity contribution in [1.29, 1.82) is 0 Å². The van der Waals surface area contributed by atoms with E-state index >= 15 is 0 Å². The van der Waals surface area contributed by atoms with Gasteiger partial charge in [-0.2, -0.15) is 0 Å². The number of rotatable bonds is 4. The van der Waals surface area contributed by atoms with E-state index in [1.54, 1.807) is 19.0 Å². The van der Waals surface area contributed by atoms with E-state index in [0.717, 1.165) is 28.8 Å². The number of anilines is 1. The Morgan fingerprint density at radius 3 is 2.55 bits per heavy atom. The minimum atomic E-state index is -0.499. The molecule has 0 unspecified atom stereocenters. The van der Waals surface area contributed by atoms with Crippen LogP contribution in [0, 0.1) is 0 Å². The predicted molar refractivity (Wildman–Crippen MR) is 123 cm³/mol. The standard InChI is InChI=1S/C26H23ClN2O2/c1-28(2)24(30)19-7-5-6-17(14-19)16-29-23-9-4-3-8-21(23)26(25(29)31)15-22(26)18-10-12-20(27)13-11-18/h3-14,22H,15-16H2,1-2H3/t22-,26+/m0/s1. The van der Waals surface area contributed by atoms with Crippen LogP contribution in [0.1, 0.15) is 39.4 Å². The fraction of sp³-hybridized carbons (Fsp3) is 0.231. The zero-order valence-corrected chi connectivity index (χ0v) is 18.3. The predicted octanol–water partition coefficient (Wildman–Crippen LogP) is 5.01. The third-order valence-corrected chi connectivity index (χ3v) is 6.71. The van der Waals surface area contributed by atoms with Gasteiger partial charge in [0, 0.05) is 36.3 Å². The van der Waals surface area contributed by atoms with E-state index in [1.165, 1.54) is 0 Å². The number of nitrogens with zero attached hydrogens (tertiary/aromatic N) is 2. The van der Waals surface area contributed by atoms with Crippen molar-refractivity contribution in [3.63, 3.8) is 0 Å². The molecule has 1 heterocycles. The van der Waals surface area contributed by atoms with Crippen LogP contribution in [-0.4, -0.2) is 30.8 Å². The summed E-state index contributed by atoms with van der Waals surface area (Å²) in [4.78, 5) is 29.6. The molecule has 1 aliphatic heterocycles. The van der Waals surface area contributed by atoms with Crippen LogP contribution in [0.15, 0.2) is 72.8 Å². The van der Waals surface area contributed by atoms with E-state index in [2.05, 4.69) is 6.07 Å². The summed E-state index contributed by atoms with van der Waals surface area (Å²) in [7, 11) is 3.48. The van der Waals surface area contributed by atoms with Gasteiger partial charge in [-0.05, 0) is 53.4 Å². The quantitative estimate of drug-likeness (QED) is 0.583. The first-order chi connectivity index (χ1) is 14.9.